The van der Waals surface area contributed by atoms with Crippen LogP contribution in [0.4, 0.5) is 29.3 Å². The van der Waals surface area contributed by atoms with Crippen molar-refractivity contribution in [2.75, 3.05) is 23.3 Å². The Kier molecular flexibility index (Phi) is 5.65. The Morgan fingerprint density at radius 3 is 2.59 bits per heavy atom. The Bertz CT molecular complexity index is 1330. The molecule has 0 atom stereocenters. The van der Waals surface area contributed by atoms with Crippen molar-refractivity contribution in [1.29, 1.82) is 5.26 Å². The summed E-state index contributed by atoms with van der Waals surface area (Å²) in [5.74, 6) is -0.648. The van der Waals surface area contributed by atoms with Crippen molar-refractivity contribution in [3.63, 3.8) is 0 Å². The van der Waals surface area contributed by atoms with E-state index < -0.39 is 34.8 Å². The molecule has 4 rings (SSSR count). The van der Waals surface area contributed by atoms with Crippen molar-refractivity contribution in [1.82, 2.24) is 9.88 Å². The van der Waals surface area contributed by atoms with E-state index in [1.807, 2.05) is 30.3 Å². The highest BCUT2D eigenvalue weighted by Crippen LogP contribution is 2.37. The van der Waals surface area contributed by atoms with Gasteiger partial charge in [-0.05, 0) is 50.2 Å². The molecule has 1 aromatic heterocycles. The fourth-order valence-corrected chi connectivity index (χ4v) is 3.93. The maximum absolute atomic E-state index is 13.4. The van der Waals surface area contributed by atoms with E-state index >= 15 is 0 Å². The Balaban J connectivity index is 1.54. The number of aromatic nitrogens is 1. The van der Waals surface area contributed by atoms with Crippen molar-refractivity contribution in [2.24, 2.45) is 0 Å². The van der Waals surface area contributed by atoms with E-state index in [-0.39, 0.29) is 12.2 Å². The molecule has 0 radical (unpaired) electrons. The number of alkyl halides is 3. The van der Waals surface area contributed by atoms with E-state index in [4.69, 9.17) is 5.26 Å². The predicted octanol–water partition coefficient (Wildman–Crippen LogP) is 4.78. The van der Waals surface area contributed by atoms with Crippen molar-refractivity contribution in [2.45, 2.75) is 25.6 Å². The van der Waals surface area contributed by atoms with Crippen LogP contribution in [-0.4, -0.2) is 40.5 Å². The number of benzene rings is 2. The first-order valence-corrected chi connectivity index (χ1v) is 10.4. The standard InChI is InChI=1S/C24H20F3N5O2/c1-23(2)21(33)32(18-8-6-16(14-28)19(13-18)24(25,26)27)22(34)31(23)11-10-29-17-7-5-15-4-3-9-30-20(15)12-17/h3-9,12-13,29H,10-11H2,1-2H3. The van der Waals surface area contributed by atoms with Gasteiger partial charge in [0.25, 0.3) is 5.91 Å². The molecule has 2 aromatic carbocycles. The first kappa shape index (κ1) is 23.0. The number of hydrogen-bond donors (Lipinski definition) is 1. The molecule has 0 unspecified atom stereocenters. The zero-order valence-electron chi connectivity index (χ0n) is 18.3. The van der Waals surface area contributed by atoms with Crippen molar-refractivity contribution in [3.05, 3.63) is 65.9 Å². The number of urea groups is 1. The Labute approximate surface area is 193 Å². The molecule has 0 saturated carbocycles. The smallest absolute Gasteiger partial charge is 0.383 e. The highest BCUT2D eigenvalue weighted by Gasteiger charge is 2.52. The number of nitrogens with zero attached hydrogens (tertiary/aromatic N) is 4. The highest BCUT2D eigenvalue weighted by atomic mass is 19.4. The molecule has 2 heterocycles. The lowest BCUT2D eigenvalue weighted by molar-refractivity contribution is -0.137. The monoisotopic (exact) mass is 467 g/mol. The van der Waals surface area contributed by atoms with Crippen LogP contribution >= 0.6 is 0 Å². The molecular weight excluding hydrogens is 447 g/mol. The van der Waals surface area contributed by atoms with Crippen LogP contribution in [0.1, 0.15) is 25.0 Å². The van der Waals surface area contributed by atoms with Gasteiger partial charge in [0, 0.05) is 30.4 Å². The number of halogens is 3. The maximum atomic E-state index is 13.4. The lowest BCUT2D eigenvalue weighted by Crippen LogP contribution is -2.46. The van der Waals surface area contributed by atoms with Gasteiger partial charge in [0.1, 0.15) is 5.54 Å². The fourth-order valence-electron chi connectivity index (χ4n) is 3.93. The molecule has 3 aromatic rings. The molecular formula is C24H20F3N5O2. The number of carbonyl (C=O) groups excluding carboxylic acids is 2. The normalized spacial score (nSPS) is 15.6. The third-order valence-electron chi connectivity index (χ3n) is 5.78. The Morgan fingerprint density at radius 2 is 1.88 bits per heavy atom. The minimum atomic E-state index is -4.80. The summed E-state index contributed by atoms with van der Waals surface area (Å²) in [5, 5.41) is 13.2. The van der Waals surface area contributed by atoms with Gasteiger partial charge in [-0.1, -0.05) is 12.1 Å². The molecule has 10 heteroatoms. The largest absolute Gasteiger partial charge is 0.417 e. The van der Waals surface area contributed by atoms with Gasteiger partial charge in [0.05, 0.1) is 28.4 Å². The molecule has 7 nitrogen and oxygen atoms in total. The van der Waals surface area contributed by atoms with Gasteiger partial charge >= 0.3 is 12.2 Å². The van der Waals surface area contributed by atoms with Crippen molar-refractivity contribution < 1.29 is 22.8 Å². The first-order valence-electron chi connectivity index (χ1n) is 10.4. The molecule has 1 saturated heterocycles. The van der Waals surface area contributed by atoms with Crippen LogP contribution in [0.3, 0.4) is 0 Å². The fraction of sp³-hybridized carbons (Fsp3) is 0.250. The second-order valence-corrected chi connectivity index (χ2v) is 8.31. The van der Waals surface area contributed by atoms with E-state index in [1.165, 1.54) is 17.0 Å². The van der Waals surface area contributed by atoms with Crippen LogP contribution < -0.4 is 10.2 Å². The Morgan fingerprint density at radius 1 is 1.12 bits per heavy atom. The van der Waals surface area contributed by atoms with Crippen molar-refractivity contribution in [3.8, 4) is 6.07 Å². The third kappa shape index (κ3) is 4.01. The van der Waals surface area contributed by atoms with E-state index in [1.54, 1.807) is 20.0 Å². The van der Waals surface area contributed by atoms with Crippen molar-refractivity contribution >= 4 is 34.2 Å². The van der Waals surface area contributed by atoms with Crippen LogP contribution in [0.25, 0.3) is 10.9 Å². The summed E-state index contributed by atoms with van der Waals surface area (Å²) in [4.78, 5) is 32.5. The van der Waals surface area contributed by atoms with Gasteiger partial charge in [0.2, 0.25) is 0 Å². The molecule has 1 aliphatic heterocycles. The number of carbonyl (C=O) groups is 2. The number of pyridine rings is 1. The molecule has 1 fully saturated rings. The van der Waals surface area contributed by atoms with Crippen LogP contribution in [0.2, 0.25) is 0 Å². The van der Waals surface area contributed by atoms with Gasteiger partial charge in [-0.25, -0.2) is 9.69 Å². The summed E-state index contributed by atoms with van der Waals surface area (Å²) in [6.07, 6.45) is -3.12. The number of nitriles is 1. The zero-order chi connectivity index (χ0) is 24.7. The molecule has 0 spiro atoms. The number of rotatable bonds is 5. The third-order valence-corrected chi connectivity index (χ3v) is 5.78. The number of fused-ring (bicyclic) bond motifs is 1. The second-order valence-electron chi connectivity index (χ2n) is 8.31. The number of amides is 3. The predicted molar refractivity (Wildman–Crippen MR) is 120 cm³/mol. The van der Waals surface area contributed by atoms with Crippen LogP contribution in [0.15, 0.2) is 54.7 Å². The van der Waals surface area contributed by atoms with Gasteiger partial charge in [-0.15, -0.1) is 0 Å². The minimum absolute atomic E-state index is 0.136. The lowest BCUT2D eigenvalue weighted by atomic mass is 10.0. The molecule has 174 valence electrons. The van der Waals surface area contributed by atoms with Crippen LogP contribution in [0.5, 0.6) is 0 Å². The van der Waals surface area contributed by atoms with Gasteiger partial charge in [0.15, 0.2) is 0 Å². The summed E-state index contributed by atoms with van der Waals surface area (Å²) >= 11 is 0. The molecule has 1 aliphatic rings. The topological polar surface area (TPSA) is 89.3 Å². The summed E-state index contributed by atoms with van der Waals surface area (Å²) in [6.45, 7) is 3.52. The number of nitrogens with one attached hydrogen (secondary N) is 1. The molecule has 3 amide bonds. The molecule has 0 aliphatic carbocycles. The summed E-state index contributed by atoms with van der Waals surface area (Å²) in [6, 6.07) is 13.0. The average Bonchev–Trinajstić information content (AvgIpc) is 2.97. The van der Waals surface area contributed by atoms with Crippen LogP contribution in [0, 0.1) is 11.3 Å². The number of anilines is 2. The second kappa shape index (κ2) is 8.33. The quantitative estimate of drug-likeness (QED) is 0.546. The molecule has 34 heavy (non-hydrogen) atoms. The zero-order valence-corrected chi connectivity index (χ0v) is 18.3. The molecule has 0 bridgehead atoms. The summed E-state index contributed by atoms with van der Waals surface area (Å²) in [7, 11) is 0. The minimum Gasteiger partial charge on any atom is -0.383 e. The average molecular weight is 467 g/mol. The number of hydrogen-bond acceptors (Lipinski definition) is 5. The van der Waals surface area contributed by atoms with E-state index in [0.717, 1.165) is 27.6 Å². The lowest BCUT2D eigenvalue weighted by Gasteiger charge is -2.27. The van der Waals surface area contributed by atoms with E-state index in [0.29, 0.717) is 12.6 Å². The van der Waals surface area contributed by atoms with E-state index in [9.17, 15) is 22.8 Å². The SMILES string of the molecule is CC1(C)C(=O)N(c2ccc(C#N)c(C(F)(F)F)c2)C(=O)N1CCNc1ccc2cccnc2c1. The van der Waals surface area contributed by atoms with Gasteiger partial charge < -0.3 is 10.2 Å². The summed E-state index contributed by atoms with van der Waals surface area (Å²) < 4.78 is 40.2. The number of imide groups is 1. The summed E-state index contributed by atoms with van der Waals surface area (Å²) in [5.41, 5.74) is -1.70. The first-order chi connectivity index (χ1) is 16.0. The van der Waals surface area contributed by atoms with Gasteiger partial charge in [-0.3, -0.25) is 9.78 Å². The Hall–Kier alpha value is -4.13. The maximum Gasteiger partial charge on any atom is 0.417 e. The van der Waals surface area contributed by atoms with Gasteiger partial charge in [-0.2, -0.15) is 18.4 Å². The highest BCUT2D eigenvalue weighted by molar-refractivity contribution is 6.23. The molecule has 1 N–H and O–H groups in total. The van der Waals surface area contributed by atoms with E-state index in [2.05, 4.69) is 10.3 Å². The van der Waals surface area contributed by atoms with Crippen LogP contribution in [-0.2, 0) is 11.0 Å².